The number of halogens is 1. The highest BCUT2D eigenvalue weighted by Gasteiger charge is 2.19. The summed E-state index contributed by atoms with van der Waals surface area (Å²) in [6.45, 7) is 7.61. The van der Waals surface area contributed by atoms with Crippen LogP contribution in [0.3, 0.4) is 0 Å². The van der Waals surface area contributed by atoms with Crippen LogP contribution in [0.25, 0.3) is 0 Å². The summed E-state index contributed by atoms with van der Waals surface area (Å²) in [6.07, 6.45) is 3.40. The third kappa shape index (κ3) is 5.29. The summed E-state index contributed by atoms with van der Waals surface area (Å²) >= 11 is 2.13. The number of anilines is 1. The predicted octanol–water partition coefficient (Wildman–Crippen LogP) is 1.80. The number of hydrogen-bond donors (Lipinski definition) is 2. The Morgan fingerprint density at radius 3 is 2.35 bits per heavy atom. The van der Waals surface area contributed by atoms with E-state index in [1.807, 2.05) is 20.8 Å². The van der Waals surface area contributed by atoms with Crippen molar-refractivity contribution in [3.8, 4) is 0 Å². The van der Waals surface area contributed by atoms with Gasteiger partial charge in [-0.25, -0.2) is 9.97 Å². The topological polar surface area (TPSA) is 66.9 Å². The standard InChI is InChI=1S/C11H17IN4O/c1-7(9(17)16-11(2,3)4)15-10-13-5-8(12)6-14-10/h5-7H,1-4H3,(H,16,17)(H,13,14,15). The van der Waals surface area contributed by atoms with E-state index in [1.54, 1.807) is 19.3 Å². The molecular formula is C11H17IN4O. The van der Waals surface area contributed by atoms with Crippen molar-refractivity contribution in [3.63, 3.8) is 0 Å². The number of nitrogens with zero attached hydrogens (tertiary/aromatic N) is 2. The molecule has 1 heterocycles. The summed E-state index contributed by atoms with van der Waals surface area (Å²) in [5.41, 5.74) is -0.236. The van der Waals surface area contributed by atoms with Crippen molar-refractivity contribution < 1.29 is 4.79 Å². The number of hydrogen-bond acceptors (Lipinski definition) is 4. The lowest BCUT2D eigenvalue weighted by Gasteiger charge is -2.23. The van der Waals surface area contributed by atoms with Gasteiger partial charge >= 0.3 is 0 Å². The third-order valence-corrected chi connectivity index (χ3v) is 2.41. The van der Waals surface area contributed by atoms with Crippen LogP contribution in [-0.4, -0.2) is 27.5 Å². The van der Waals surface area contributed by atoms with Crippen molar-refractivity contribution in [2.24, 2.45) is 0 Å². The fraction of sp³-hybridized carbons (Fsp3) is 0.545. The second-order valence-electron chi connectivity index (χ2n) is 4.83. The van der Waals surface area contributed by atoms with Gasteiger partial charge in [0.2, 0.25) is 11.9 Å². The van der Waals surface area contributed by atoms with Crippen LogP contribution < -0.4 is 10.6 Å². The van der Waals surface area contributed by atoms with E-state index in [0.717, 1.165) is 3.57 Å². The van der Waals surface area contributed by atoms with Crippen molar-refractivity contribution in [2.45, 2.75) is 39.3 Å². The minimum Gasteiger partial charge on any atom is -0.350 e. The van der Waals surface area contributed by atoms with Gasteiger partial charge in [-0.05, 0) is 50.3 Å². The van der Waals surface area contributed by atoms with Gasteiger partial charge in [-0.3, -0.25) is 4.79 Å². The van der Waals surface area contributed by atoms with E-state index in [4.69, 9.17) is 0 Å². The molecule has 0 radical (unpaired) electrons. The van der Waals surface area contributed by atoms with Gasteiger partial charge in [0, 0.05) is 21.5 Å². The van der Waals surface area contributed by atoms with E-state index >= 15 is 0 Å². The molecule has 1 amide bonds. The lowest BCUT2D eigenvalue weighted by Crippen LogP contribution is -2.47. The third-order valence-electron chi connectivity index (χ3n) is 1.86. The molecule has 2 N–H and O–H groups in total. The number of aromatic nitrogens is 2. The molecule has 17 heavy (non-hydrogen) atoms. The quantitative estimate of drug-likeness (QED) is 0.818. The Balaban J connectivity index is 2.57. The fourth-order valence-corrected chi connectivity index (χ4v) is 1.40. The zero-order valence-electron chi connectivity index (χ0n) is 10.4. The van der Waals surface area contributed by atoms with Crippen LogP contribution in [0.1, 0.15) is 27.7 Å². The Hall–Kier alpha value is -0.920. The number of rotatable bonds is 3. The zero-order valence-corrected chi connectivity index (χ0v) is 12.6. The Morgan fingerprint density at radius 1 is 1.35 bits per heavy atom. The summed E-state index contributed by atoms with van der Waals surface area (Å²) < 4.78 is 0.958. The molecule has 1 aromatic heterocycles. The SMILES string of the molecule is CC(Nc1ncc(I)cn1)C(=O)NC(C)(C)C. The predicted molar refractivity (Wildman–Crippen MR) is 75.7 cm³/mol. The molecule has 6 heteroatoms. The van der Waals surface area contributed by atoms with Gasteiger partial charge in [-0.15, -0.1) is 0 Å². The van der Waals surface area contributed by atoms with E-state index < -0.39 is 0 Å². The van der Waals surface area contributed by atoms with E-state index in [2.05, 4.69) is 43.2 Å². The molecule has 0 aliphatic rings. The van der Waals surface area contributed by atoms with Crippen LogP contribution in [0, 0.1) is 3.57 Å². The highest BCUT2D eigenvalue weighted by Crippen LogP contribution is 2.05. The second-order valence-corrected chi connectivity index (χ2v) is 6.08. The summed E-state index contributed by atoms with van der Waals surface area (Å²) in [5.74, 6) is 0.390. The first kappa shape index (κ1) is 14.1. The molecule has 1 atom stereocenters. The van der Waals surface area contributed by atoms with Crippen molar-refractivity contribution >= 4 is 34.4 Å². The van der Waals surface area contributed by atoms with Gasteiger partial charge in [-0.2, -0.15) is 0 Å². The summed E-state index contributed by atoms with van der Waals surface area (Å²) in [5, 5.41) is 5.85. The largest absolute Gasteiger partial charge is 0.350 e. The lowest BCUT2D eigenvalue weighted by atomic mass is 10.1. The van der Waals surface area contributed by atoms with E-state index in [-0.39, 0.29) is 17.5 Å². The Labute approximate surface area is 115 Å². The van der Waals surface area contributed by atoms with Gasteiger partial charge in [0.05, 0.1) is 0 Å². The molecule has 0 aliphatic heterocycles. The minimum absolute atomic E-state index is 0.0698. The lowest BCUT2D eigenvalue weighted by molar-refractivity contribution is -0.122. The number of nitrogens with one attached hydrogen (secondary N) is 2. The highest BCUT2D eigenvalue weighted by molar-refractivity contribution is 14.1. The molecule has 0 aromatic carbocycles. The normalized spacial score (nSPS) is 13.0. The van der Waals surface area contributed by atoms with Gasteiger partial charge in [-0.1, -0.05) is 0 Å². The van der Waals surface area contributed by atoms with Gasteiger partial charge in [0.1, 0.15) is 6.04 Å². The van der Waals surface area contributed by atoms with Crippen LogP contribution in [0.5, 0.6) is 0 Å². The monoisotopic (exact) mass is 348 g/mol. The maximum Gasteiger partial charge on any atom is 0.242 e. The zero-order chi connectivity index (χ0) is 13.1. The molecule has 1 aromatic rings. The van der Waals surface area contributed by atoms with E-state index in [1.165, 1.54) is 0 Å². The average molecular weight is 348 g/mol. The molecule has 0 bridgehead atoms. The van der Waals surface area contributed by atoms with E-state index in [0.29, 0.717) is 5.95 Å². The summed E-state index contributed by atoms with van der Waals surface area (Å²) in [6, 6.07) is -0.366. The Bertz CT molecular complexity index is 385. The van der Waals surface area contributed by atoms with Crippen LogP contribution in [-0.2, 0) is 4.79 Å². The van der Waals surface area contributed by atoms with Crippen molar-refractivity contribution in [1.29, 1.82) is 0 Å². The smallest absolute Gasteiger partial charge is 0.242 e. The van der Waals surface area contributed by atoms with Gasteiger partial charge in [0.15, 0.2) is 0 Å². The van der Waals surface area contributed by atoms with Crippen LogP contribution in [0.15, 0.2) is 12.4 Å². The minimum atomic E-state index is -0.366. The van der Waals surface area contributed by atoms with Crippen LogP contribution in [0.2, 0.25) is 0 Å². The van der Waals surface area contributed by atoms with Crippen molar-refractivity contribution in [1.82, 2.24) is 15.3 Å². The molecule has 0 saturated heterocycles. The molecule has 5 nitrogen and oxygen atoms in total. The molecule has 0 fully saturated rings. The highest BCUT2D eigenvalue weighted by atomic mass is 127. The first-order valence-electron chi connectivity index (χ1n) is 5.34. The van der Waals surface area contributed by atoms with E-state index in [9.17, 15) is 4.79 Å². The first-order valence-corrected chi connectivity index (χ1v) is 6.42. The van der Waals surface area contributed by atoms with Crippen LogP contribution >= 0.6 is 22.6 Å². The first-order chi connectivity index (χ1) is 7.78. The Morgan fingerprint density at radius 2 is 1.88 bits per heavy atom. The molecular weight excluding hydrogens is 331 g/mol. The molecule has 0 spiro atoms. The molecule has 1 rings (SSSR count). The molecule has 0 saturated carbocycles. The molecule has 94 valence electrons. The maximum atomic E-state index is 11.8. The molecule has 1 unspecified atom stereocenters. The maximum absolute atomic E-state index is 11.8. The van der Waals surface area contributed by atoms with Gasteiger partial charge in [0.25, 0.3) is 0 Å². The number of amides is 1. The average Bonchev–Trinajstić information content (AvgIpc) is 2.19. The van der Waals surface area contributed by atoms with Crippen molar-refractivity contribution in [2.75, 3.05) is 5.32 Å². The van der Waals surface area contributed by atoms with Crippen LogP contribution in [0.4, 0.5) is 5.95 Å². The molecule has 0 aliphatic carbocycles. The van der Waals surface area contributed by atoms with Gasteiger partial charge < -0.3 is 10.6 Å². The fourth-order valence-electron chi connectivity index (χ4n) is 1.12. The summed E-state index contributed by atoms with van der Waals surface area (Å²) in [4.78, 5) is 20.0. The Kier molecular flexibility index (Phi) is 4.67. The summed E-state index contributed by atoms with van der Waals surface area (Å²) in [7, 11) is 0. The number of carbonyl (C=O) groups is 1. The number of carbonyl (C=O) groups excluding carboxylic acids is 1. The second kappa shape index (κ2) is 5.61. The van der Waals surface area contributed by atoms with Crippen molar-refractivity contribution in [3.05, 3.63) is 16.0 Å².